The molecule has 3 rings (SSSR count). The van der Waals surface area contributed by atoms with Gasteiger partial charge in [-0.1, -0.05) is 29.3 Å². The summed E-state index contributed by atoms with van der Waals surface area (Å²) in [6.07, 6.45) is 3.21. The van der Waals surface area contributed by atoms with Crippen molar-refractivity contribution in [1.29, 1.82) is 0 Å². The summed E-state index contributed by atoms with van der Waals surface area (Å²) in [6.45, 7) is 2.59. The van der Waals surface area contributed by atoms with Crippen LogP contribution < -0.4 is 16.7 Å². The van der Waals surface area contributed by atoms with Crippen molar-refractivity contribution in [3.63, 3.8) is 0 Å². The van der Waals surface area contributed by atoms with Crippen LogP contribution in [0.1, 0.15) is 25.3 Å². The standard InChI is InChI=1S/C17H19BrN6O3/c1-3-4-7-24-13-14(23(2)17(27)21-15(13)26)20-16(24)22-19-9-10-8-11(18)5-6-12(10)25/h5-6,8-9,25H,3-4,7H2,1-2H3,(H,20,22)(H,21,26,27). The normalized spacial score (nSPS) is 11.5. The smallest absolute Gasteiger partial charge is 0.329 e. The molecule has 0 fully saturated rings. The summed E-state index contributed by atoms with van der Waals surface area (Å²) in [5.74, 6) is 0.429. The second kappa shape index (κ2) is 7.78. The third kappa shape index (κ3) is 3.80. The van der Waals surface area contributed by atoms with Crippen molar-refractivity contribution in [1.82, 2.24) is 19.1 Å². The van der Waals surface area contributed by atoms with Gasteiger partial charge in [0.1, 0.15) is 5.75 Å². The van der Waals surface area contributed by atoms with E-state index in [-0.39, 0.29) is 11.4 Å². The quantitative estimate of drug-likeness (QED) is 0.405. The molecule has 0 saturated carbocycles. The number of aromatic nitrogens is 4. The van der Waals surface area contributed by atoms with E-state index in [1.54, 1.807) is 29.8 Å². The second-order valence-electron chi connectivity index (χ2n) is 6.00. The maximum atomic E-state index is 12.3. The number of hydrazone groups is 1. The zero-order valence-electron chi connectivity index (χ0n) is 14.9. The molecular weight excluding hydrogens is 416 g/mol. The Hall–Kier alpha value is -2.88. The molecule has 10 heteroatoms. The zero-order valence-corrected chi connectivity index (χ0v) is 16.4. The first-order valence-electron chi connectivity index (χ1n) is 8.39. The van der Waals surface area contributed by atoms with E-state index in [2.05, 4.69) is 36.4 Å². The number of hydrogen-bond acceptors (Lipinski definition) is 6. The van der Waals surface area contributed by atoms with E-state index >= 15 is 0 Å². The van der Waals surface area contributed by atoms with Crippen LogP contribution in [0.15, 0.2) is 37.4 Å². The average Bonchev–Trinajstić information content (AvgIpc) is 3.00. The monoisotopic (exact) mass is 434 g/mol. The van der Waals surface area contributed by atoms with Crippen LogP contribution in [0, 0.1) is 0 Å². The van der Waals surface area contributed by atoms with E-state index in [4.69, 9.17) is 0 Å². The molecule has 3 aromatic rings. The minimum absolute atomic E-state index is 0.0853. The summed E-state index contributed by atoms with van der Waals surface area (Å²) in [4.78, 5) is 30.8. The van der Waals surface area contributed by atoms with Crippen LogP contribution in [-0.4, -0.2) is 30.4 Å². The van der Waals surface area contributed by atoms with Crippen molar-refractivity contribution >= 4 is 39.3 Å². The van der Waals surface area contributed by atoms with Gasteiger partial charge in [0.15, 0.2) is 11.2 Å². The Morgan fingerprint density at radius 3 is 2.93 bits per heavy atom. The molecule has 0 bridgehead atoms. The summed E-state index contributed by atoms with van der Waals surface area (Å²) in [6, 6.07) is 4.99. The number of aromatic hydroxyl groups is 1. The maximum absolute atomic E-state index is 12.3. The fourth-order valence-corrected chi connectivity index (χ4v) is 3.02. The van der Waals surface area contributed by atoms with Gasteiger partial charge in [-0.05, 0) is 24.6 Å². The largest absolute Gasteiger partial charge is 0.507 e. The number of fused-ring (bicyclic) bond motifs is 1. The lowest BCUT2D eigenvalue weighted by molar-refractivity contribution is 0.474. The van der Waals surface area contributed by atoms with Crippen LogP contribution in [0.2, 0.25) is 0 Å². The van der Waals surface area contributed by atoms with E-state index in [1.807, 2.05) is 6.92 Å². The lowest BCUT2D eigenvalue weighted by Gasteiger charge is -2.07. The molecule has 1 aromatic carbocycles. The minimum atomic E-state index is -0.526. The SMILES string of the molecule is CCCCn1c(NN=Cc2cc(Br)ccc2O)nc2c1c(=O)[nH]c(=O)n2C. The molecule has 0 radical (unpaired) electrons. The number of rotatable bonds is 6. The number of nitrogens with zero attached hydrogens (tertiary/aromatic N) is 4. The van der Waals surface area contributed by atoms with Gasteiger partial charge < -0.3 is 9.67 Å². The highest BCUT2D eigenvalue weighted by Gasteiger charge is 2.16. The highest BCUT2D eigenvalue weighted by Crippen LogP contribution is 2.20. The third-order valence-electron chi connectivity index (χ3n) is 4.10. The Kier molecular flexibility index (Phi) is 5.45. The van der Waals surface area contributed by atoms with Crippen LogP contribution in [-0.2, 0) is 13.6 Å². The number of phenols is 1. The number of phenolic OH excluding ortho intramolecular Hbond substituents is 1. The fourth-order valence-electron chi connectivity index (χ4n) is 2.64. The molecule has 27 heavy (non-hydrogen) atoms. The summed E-state index contributed by atoms with van der Waals surface area (Å²) in [5, 5.41) is 14.0. The Morgan fingerprint density at radius 2 is 2.19 bits per heavy atom. The number of hydrogen-bond donors (Lipinski definition) is 3. The van der Waals surface area contributed by atoms with E-state index in [0.29, 0.717) is 23.6 Å². The molecule has 3 N–H and O–H groups in total. The summed E-state index contributed by atoms with van der Waals surface area (Å²) < 4.78 is 3.79. The molecule has 2 aromatic heterocycles. The predicted octanol–water partition coefficient (Wildman–Crippen LogP) is 2.14. The van der Waals surface area contributed by atoms with Crippen molar-refractivity contribution in [2.45, 2.75) is 26.3 Å². The molecule has 0 amide bonds. The number of anilines is 1. The van der Waals surface area contributed by atoms with Crippen molar-refractivity contribution in [2.75, 3.05) is 5.43 Å². The van der Waals surface area contributed by atoms with Gasteiger partial charge in [-0.25, -0.2) is 10.2 Å². The van der Waals surface area contributed by atoms with Gasteiger partial charge in [0.2, 0.25) is 5.95 Å². The fraction of sp³-hybridized carbons (Fsp3) is 0.294. The van der Waals surface area contributed by atoms with Gasteiger partial charge >= 0.3 is 5.69 Å². The first kappa shape index (κ1) is 18.9. The van der Waals surface area contributed by atoms with Crippen molar-refractivity contribution in [3.8, 4) is 5.75 Å². The lowest BCUT2D eigenvalue weighted by atomic mass is 10.2. The molecule has 0 atom stereocenters. The minimum Gasteiger partial charge on any atom is -0.507 e. The molecule has 0 unspecified atom stereocenters. The topological polar surface area (TPSA) is 117 Å². The number of benzene rings is 1. The zero-order chi connectivity index (χ0) is 19.6. The van der Waals surface area contributed by atoms with Gasteiger partial charge in [-0.3, -0.25) is 14.3 Å². The number of H-pyrrole nitrogens is 1. The number of unbranched alkanes of at least 4 members (excludes halogenated alkanes) is 1. The van der Waals surface area contributed by atoms with Crippen LogP contribution in [0.4, 0.5) is 5.95 Å². The molecule has 2 heterocycles. The maximum Gasteiger partial charge on any atom is 0.329 e. The Morgan fingerprint density at radius 1 is 1.41 bits per heavy atom. The van der Waals surface area contributed by atoms with E-state index in [9.17, 15) is 14.7 Å². The van der Waals surface area contributed by atoms with Crippen LogP contribution in [0.3, 0.4) is 0 Å². The molecule has 0 saturated heterocycles. The van der Waals surface area contributed by atoms with Crippen molar-refractivity contribution in [2.24, 2.45) is 12.1 Å². The first-order chi connectivity index (χ1) is 12.9. The molecular formula is C17H19BrN6O3. The Bertz CT molecular complexity index is 1130. The lowest BCUT2D eigenvalue weighted by Crippen LogP contribution is -2.29. The van der Waals surface area contributed by atoms with Crippen LogP contribution >= 0.6 is 15.9 Å². The van der Waals surface area contributed by atoms with E-state index in [0.717, 1.165) is 17.3 Å². The molecule has 9 nitrogen and oxygen atoms in total. The van der Waals surface area contributed by atoms with Gasteiger partial charge in [0.25, 0.3) is 5.56 Å². The average molecular weight is 435 g/mol. The molecule has 0 aliphatic rings. The highest BCUT2D eigenvalue weighted by atomic mass is 79.9. The van der Waals surface area contributed by atoms with E-state index < -0.39 is 11.2 Å². The number of halogens is 1. The molecule has 0 aliphatic heterocycles. The summed E-state index contributed by atoms with van der Waals surface area (Å²) in [5.41, 5.74) is 2.90. The van der Waals surface area contributed by atoms with E-state index in [1.165, 1.54) is 10.8 Å². The number of aromatic amines is 1. The van der Waals surface area contributed by atoms with Crippen LogP contribution in [0.5, 0.6) is 5.75 Å². The highest BCUT2D eigenvalue weighted by molar-refractivity contribution is 9.10. The first-order valence-corrected chi connectivity index (χ1v) is 9.18. The summed E-state index contributed by atoms with van der Waals surface area (Å²) in [7, 11) is 1.55. The molecule has 0 aliphatic carbocycles. The molecule has 0 spiro atoms. The Balaban J connectivity index is 2.02. The van der Waals surface area contributed by atoms with Gasteiger partial charge in [0, 0.05) is 23.6 Å². The van der Waals surface area contributed by atoms with Crippen LogP contribution in [0.25, 0.3) is 11.2 Å². The molecule has 142 valence electrons. The number of imidazole rings is 1. The van der Waals surface area contributed by atoms with Crippen molar-refractivity contribution in [3.05, 3.63) is 49.1 Å². The van der Waals surface area contributed by atoms with Gasteiger partial charge in [-0.15, -0.1) is 0 Å². The second-order valence-corrected chi connectivity index (χ2v) is 6.92. The Labute approximate surface area is 162 Å². The predicted molar refractivity (Wildman–Crippen MR) is 108 cm³/mol. The summed E-state index contributed by atoms with van der Waals surface area (Å²) >= 11 is 3.34. The number of aryl methyl sites for hydroxylation is 2. The van der Waals surface area contributed by atoms with Crippen molar-refractivity contribution < 1.29 is 5.11 Å². The van der Waals surface area contributed by atoms with Gasteiger partial charge in [-0.2, -0.15) is 10.1 Å². The number of nitrogens with one attached hydrogen (secondary N) is 2. The van der Waals surface area contributed by atoms with Gasteiger partial charge in [0.05, 0.1) is 6.21 Å². The third-order valence-corrected chi connectivity index (χ3v) is 4.59.